The smallest absolute Gasteiger partial charge is 0.0543 e. The lowest BCUT2D eigenvalue weighted by Gasteiger charge is -2.49. The van der Waals surface area contributed by atoms with E-state index in [0.29, 0.717) is 0 Å². The molecule has 0 N–H and O–H groups in total. The Morgan fingerprint density at radius 2 is 0.683 bits per heavy atom. The van der Waals surface area contributed by atoms with Crippen LogP contribution in [0.4, 0.5) is 17.1 Å². The van der Waals surface area contributed by atoms with Crippen molar-refractivity contribution in [2.45, 2.75) is 38.5 Å². The van der Waals surface area contributed by atoms with E-state index in [2.05, 4.69) is 242 Å². The standard InChI is InChI=1S/C60H45N3/c1-59(2)48-22-15-23-49-58(48)63(56-32-28-40(36-50(56)59)38-26-30-54-46(34-38)44-20-11-13-24-52(44)61(54)42-16-7-5-8-17-42)57-33-29-41(37-51(57)60(49,3)4)39-27-31-55-47(35-39)45-21-12-14-25-53(45)62(55)43-18-9-6-10-19-43/h5-37H,1-4H3. The van der Waals surface area contributed by atoms with E-state index in [1.54, 1.807) is 0 Å². The summed E-state index contributed by atoms with van der Waals surface area (Å²) >= 11 is 0. The second-order valence-corrected chi connectivity index (χ2v) is 18.6. The van der Waals surface area contributed by atoms with Gasteiger partial charge in [0.25, 0.3) is 0 Å². The maximum atomic E-state index is 2.58. The van der Waals surface area contributed by atoms with E-state index in [-0.39, 0.29) is 10.8 Å². The Balaban J connectivity index is 0.954. The van der Waals surface area contributed by atoms with E-state index < -0.39 is 0 Å². The van der Waals surface area contributed by atoms with E-state index in [0.717, 1.165) is 0 Å². The molecule has 300 valence electrons. The van der Waals surface area contributed by atoms with Gasteiger partial charge in [-0.25, -0.2) is 0 Å². The number of benzene rings is 9. The average molecular weight is 808 g/mol. The summed E-state index contributed by atoms with van der Waals surface area (Å²) in [6, 6.07) is 74.4. The first-order chi connectivity index (χ1) is 30.8. The second kappa shape index (κ2) is 13.0. The summed E-state index contributed by atoms with van der Waals surface area (Å²) in [5, 5.41) is 5.07. The monoisotopic (exact) mass is 807 g/mol. The minimum atomic E-state index is -0.220. The molecule has 13 rings (SSSR count). The SMILES string of the molecule is CC1(C)c2cc(-c3ccc4c(c3)c3ccccc3n4-c3ccccc3)ccc2N2c3ccc(-c4ccc5c(c4)c4ccccc4n5-c4ccccc4)cc3C(C)(C)c3cccc1c32. The van der Waals surface area contributed by atoms with Crippen molar-refractivity contribution in [3.63, 3.8) is 0 Å². The van der Waals surface area contributed by atoms with Gasteiger partial charge < -0.3 is 14.0 Å². The van der Waals surface area contributed by atoms with Crippen LogP contribution in [-0.2, 0) is 10.8 Å². The average Bonchev–Trinajstić information content (AvgIpc) is 3.84. The number of aromatic nitrogens is 2. The van der Waals surface area contributed by atoms with Gasteiger partial charge in [0, 0.05) is 43.7 Å². The van der Waals surface area contributed by atoms with E-state index in [1.807, 2.05) is 0 Å². The van der Waals surface area contributed by atoms with Crippen LogP contribution in [0.1, 0.15) is 49.9 Å². The molecule has 11 aromatic rings. The molecule has 4 heterocycles. The highest BCUT2D eigenvalue weighted by Crippen LogP contribution is 2.60. The molecule has 3 heteroatoms. The molecule has 0 aliphatic carbocycles. The zero-order chi connectivity index (χ0) is 42.2. The van der Waals surface area contributed by atoms with Crippen LogP contribution in [0.3, 0.4) is 0 Å². The Labute approximate surface area is 367 Å². The molecule has 3 nitrogen and oxygen atoms in total. The van der Waals surface area contributed by atoms with Gasteiger partial charge >= 0.3 is 0 Å². The van der Waals surface area contributed by atoms with Crippen LogP contribution in [0.5, 0.6) is 0 Å². The number of fused-ring (bicyclic) bond motifs is 10. The summed E-state index contributed by atoms with van der Waals surface area (Å²) in [5.41, 5.74) is 21.0. The molecule has 0 unspecified atom stereocenters. The van der Waals surface area contributed by atoms with Gasteiger partial charge in [-0.3, -0.25) is 0 Å². The summed E-state index contributed by atoms with van der Waals surface area (Å²) in [6.07, 6.45) is 0. The molecule has 2 aliphatic rings. The lowest BCUT2D eigenvalue weighted by atomic mass is 9.66. The third-order valence-corrected chi connectivity index (χ3v) is 14.5. The molecule has 2 aromatic heterocycles. The number of rotatable bonds is 4. The van der Waals surface area contributed by atoms with Gasteiger partial charge in [-0.1, -0.05) is 143 Å². The van der Waals surface area contributed by atoms with Crippen molar-refractivity contribution in [3.8, 4) is 33.6 Å². The molecule has 0 spiro atoms. The summed E-state index contributed by atoms with van der Waals surface area (Å²) in [7, 11) is 0. The zero-order valence-electron chi connectivity index (χ0n) is 35.9. The number of hydrogen-bond acceptors (Lipinski definition) is 1. The summed E-state index contributed by atoms with van der Waals surface area (Å²) in [5.74, 6) is 0. The molecule has 0 radical (unpaired) electrons. The minimum Gasteiger partial charge on any atom is -0.309 e. The van der Waals surface area contributed by atoms with Crippen LogP contribution >= 0.6 is 0 Å². The highest BCUT2D eigenvalue weighted by molar-refractivity contribution is 6.12. The highest BCUT2D eigenvalue weighted by atomic mass is 15.2. The first-order valence-corrected chi connectivity index (χ1v) is 22.2. The molecule has 0 bridgehead atoms. The van der Waals surface area contributed by atoms with Crippen molar-refractivity contribution in [3.05, 3.63) is 222 Å². The first kappa shape index (κ1) is 36.1. The van der Waals surface area contributed by atoms with Gasteiger partial charge in [0.15, 0.2) is 0 Å². The van der Waals surface area contributed by atoms with Crippen LogP contribution < -0.4 is 4.90 Å². The maximum Gasteiger partial charge on any atom is 0.0543 e. The summed E-state index contributed by atoms with van der Waals surface area (Å²) in [6.45, 7) is 9.65. The van der Waals surface area contributed by atoms with E-state index in [4.69, 9.17) is 0 Å². The van der Waals surface area contributed by atoms with Crippen molar-refractivity contribution in [2.75, 3.05) is 4.90 Å². The quantitative estimate of drug-likeness (QED) is 0.173. The predicted molar refractivity (Wildman–Crippen MR) is 265 cm³/mol. The van der Waals surface area contributed by atoms with Gasteiger partial charge in [0.2, 0.25) is 0 Å². The fourth-order valence-corrected chi connectivity index (χ4v) is 11.3. The number of hydrogen-bond donors (Lipinski definition) is 0. The Hall–Kier alpha value is -7.62. The van der Waals surface area contributed by atoms with Crippen LogP contribution in [0, 0.1) is 0 Å². The second-order valence-electron chi connectivity index (χ2n) is 18.6. The Kier molecular flexibility index (Phi) is 7.42. The van der Waals surface area contributed by atoms with Crippen molar-refractivity contribution < 1.29 is 0 Å². The van der Waals surface area contributed by atoms with Gasteiger partial charge in [-0.15, -0.1) is 0 Å². The molecular formula is C60H45N3. The van der Waals surface area contributed by atoms with Crippen molar-refractivity contribution in [1.82, 2.24) is 9.13 Å². The van der Waals surface area contributed by atoms with Gasteiger partial charge in [-0.2, -0.15) is 0 Å². The number of anilines is 3. The Bertz CT molecular complexity index is 3440. The van der Waals surface area contributed by atoms with Crippen LogP contribution in [0.15, 0.2) is 200 Å². The highest BCUT2D eigenvalue weighted by Gasteiger charge is 2.45. The number of para-hydroxylation sites is 5. The van der Waals surface area contributed by atoms with Gasteiger partial charge in [0.1, 0.15) is 0 Å². The van der Waals surface area contributed by atoms with Crippen molar-refractivity contribution >= 4 is 60.7 Å². The molecule has 9 aromatic carbocycles. The molecular weight excluding hydrogens is 763 g/mol. The third-order valence-electron chi connectivity index (χ3n) is 14.5. The molecule has 2 aliphatic heterocycles. The molecule has 63 heavy (non-hydrogen) atoms. The van der Waals surface area contributed by atoms with Crippen molar-refractivity contribution in [2.24, 2.45) is 0 Å². The van der Waals surface area contributed by atoms with Crippen LogP contribution in [0.25, 0.3) is 77.2 Å². The Morgan fingerprint density at radius 1 is 0.302 bits per heavy atom. The lowest BCUT2D eigenvalue weighted by Crippen LogP contribution is -2.38. The third kappa shape index (κ3) is 5.02. The topological polar surface area (TPSA) is 13.1 Å². The summed E-state index contributed by atoms with van der Waals surface area (Å²) in [4.78, 5) is 2.58. The predicted octanol–water partition coefficient (Wildman–Crippen LogP) is 16.0. The molecule has 0 fully saturated rings. The Morgan fingerprint density at radius 3 is 1.14 bits per heavy atom. The molecule has 0 amide bonds. The zero-order valence-corrected chi connectivity index (χ0v) is 35.9. The lowest BCUT2D eigenvalue weighted by molar-refractivity contribution is 0.597. The van der Waals surface area contributed by atoms with Gasteiger partial charge in [-0.05, 0) is 129 Å². The molecule has 0 atom stereocenters. The van der Waals surface area contributed by atoms with Crippen LogP contribution in [0.2, 0.25) is 0 Å². The van der Waals surface area contributed by atoms with E-state index in [1.165, 1.54) is 117 Å². The van der Waals surface area contributed by atoms with Gasteiger partial charge in [0.05, 0.1) is 39.1 Å². The molecule has 0 saturated heterocycles. The maximum absolute atomic E-state index is 2.58. The fourth-order valence-electron chi connectivity index (χ4n) is 11.3. The normalized spacial score (nSPS) is 14.6. The first-order valence-electron chi connectivity index (χ1n) is 22.2. The molecule has 0 saturated carbocycles. The van der Waals surface area contributed by atoms with E-state index >= 15 is 0 Å². The summed E-state index contributed by atoms with van der Waals surface area (Å²) < 4.78 is 4.78. The van der Waals surface area contributed by atoms with E-state index in [9.17, 15) is 0 Å². The largest absolute Gasteiger partial charge is 0.309 e. The fraction of sp³-hybridized carbons (Fsp3) is 0.100. The van der Waals surface area contributed by atoms with Crippen LogP contribution in [-0.4, -0.2) is 9.13 Å². The number of nitrogens with zero attached hydrogens (tertiary/aromatic N) is 3. The van der Waals surface area contributed by atoms with Crippen molar-refractivity contribution in [1.29, 1.82) is 0 Å². The minimum absolute atomic E-state index is 0.220.